The number of aliphatic hydroxyl groups excluding tert-OH is 1. The largest absolute Gasteiger partial charge is 0.491 e. The summed E-state index contributed by atoms with van der Waals surface area (Å²) >= 11 is 0. The lowest BCUT2D eigenvalue weighted by Gasteiger charge is -2.14. The zero-order valence-corrected chi connectivity index (χ0v) is 12.4. The molecular formula is C13H19NO7. The lowest BCUT2D eigenvalue weighted by Crippen LogP contribution is -2.26. The fourth-order valence-electron chi connectivity index (χ4n) is 1.57. The van der Waals surface area contributed by atoms with Gasteiger partial charge in [0.25, 0.3) is 0 Å². The number of nitrogens with zero attached hydrogens (tertiary/aromatic N) is 1. The van der Waals surface area contributed by atoms with E-state index in [9.17, 15) is 14.4 Å². The predicted octanol–water partition coefficient (Wildman–Crippen LogP) is 0.360. The third kappa shape index (κ3) is 4.06. The summed E-state index contributed by atoms with van der Waals surface area (Å²) in [5.74, 6) is -2.74. The summed E-state index contributed by atoms with van der Waals surface area (Å²) in [5.41, 5.74) is -1.73. The van der Waals surface area contributed by atoms with E-state index in [-0.39, 0.29) is 18.8 Å². The van der Waals surface area contributed by atoms with Crippen LogP contribution in [0.5, 0.6) is 5.75 Å². The zero-order chi connectivity index (χ0) is 16.6. The Morgan fingerprint density at radius 3 is 2.24 bits per heavy atom. The molecule has 21 heavy (non-hydrogen) atoms. The predicted molar refractivity (Wildman–Crippen MR) is 74.0 cm³/mol. The number of rotatable bonds is 5. The number of ether oxygens (including phenoxy) is 2. The number of methoxy groups -OCH3 is 2. The van der Waals surface area contributed by atoms with E-state index in [4.69, 9.17) is 14.9 Å². The van der Waals surface area contributed by atoms with Crippen molar-refractivity contribution in [3.63, 3.8) is 0 Å². The third-order valence-corrected chi connectivity index (χ3v) is 2.39. The van der Waals surface area contributed by atoms with E-state index < -0.39 is 28.7 Å². The molecule has 8 nitrogen and oxygen atoms in total. The van der Waals surface area contributed by atoms with Crippen LogP contribution in [0.25, 0.3) is 0 Å². The highest BCUT2D eigenvalue weighted by molar-refractivity contribution is 5.93. The minimum absolute atomic E-state index is 0.0820. The average Bonchev–Trinajstić information content (AvgIpc) is 2.49. The number of esters is 1. The van der Waals surface area contributed by atoms with Crippen molar-refractivity contribution in [3.05, 3.63) is 27.7 Å². The van der Waals surface area contributed by atoms with E-state index in [2.05, 4.69) is 4.74 Å². The molecule has 0 saturated carbocycles. The summed E-state index contributed by atoms with van der Waals surface area (Å²) in [6.45, 7) is 3.57. The highest BCUT2D eigenvalue weighted by Gasteiger charge is 2.25. The molecule has 0 bridgehead atoms. The van der Waals surface area contributed by atoms with E-state index in [1.54, 1.807) is 0 Å². The van der Waals surface area contributed by atoms with Crippen LogP contribution in [0.3, 0.4) is 0 Å². The lowest BCUT2D eigenvalue weighted by atomic mass is 10.2. The van der Waals surface area contributed by atoms with E-state index in [1.807, 2.05) is 13.8 Å². The summed E-state index contributed by atoms with van der Waals surface area (Å²) < 4.78 is 10.4. The van der Waals surface area contributed by atoms with Crippen LogP contribution in [0.15, 0.2) is 11.0 Å². The molecule has 2 N–H and O–H groups in total. The monoisotopic (exact) mass is 301 g/mol. The fraction of sp³-hybridized carbons (Fsp3) is 0.462. The molecule has 0 saturated heterocycles. The van der Waals surface area contributed by atoms with Gasteiger partial charge in [-0.15, -0.1) is 0 Å². The van der Waals surface area contributed by atoms with Gasteiger partial charge in [-0.3, -0.25) is 4.79 Å². The molecule has 0 amide bonds. The fourth-order valence-corrected chi connectivity index (χ4v) is 1.57. The second-order valence-corrected chi connectivity index (χ2v) is 3.47. The molecular weight excluding hydrogens is 282 g/mol. The lowest BCUT2D eigenvalue weighted by molar-refractivity contribution is 0.0577. The number of carboxylic acid groups (broad SMARTS) is 1. The SMILES string of the molecule is CC.COC(=O)c1c(OC)c(=O)c(C(=O)O)cn1CCO. The maximum Gasteiger partial charge on any atom is 0.358 e. The molecule has 0 aliphatic carbocycles. The number of carbonyl (C=O) groups excluding carboxylic acids is 1. The number of carboxylic acids is 1. The third-order valence-electron chi connectivity index (χ3n) is 2.39. The van der Waals surface area contributed by atoms with Crippen LogP contribution in [-0.4, -0.2) is 47.5 Å². The quantitative estimate of drug-likeness (QED) is 0.754. The van der Waals surface area contributed by atoms with E-state index in [0.29, 0.717) is 0 Å². The van der Waals surface area contributed by atoms with Gasteiger partial charge < -0.3 is 24.3 Å². The molecule has 0 aliphatic rings. The van der Waals surface area contributed by atoms with Crippen molar-refractivity contribution in [1.29, 1.82) is 0 Å². The van der Waals surface area contributed by atoms with Crippen LogP contribution in [0.1, 0.15) is 34.7 Å². The van der Waals surface area contributed by atoms with Gasteiger partial charge in [-0.2, -0.15) is 0 Å². The van der Waals surface area contributed by atoms with Crippen molar-refractivity contribution in [2.45, 2.75) is 20.4 Å². The van der Waals surface area contributed by atoms with Gasteiger partial charge in [0, 0.05) is 12.7 Å². The Morgan fingerprint density at radius 1 is 1.29 bits per heavy atom. The standard InChI is InChI=1S/C11H13NO7.C2H6/c1-18-9-7(11(17)19-2)12(3-4-13)5-6(8(9)14)10(15)16;1-2/h5,13H,3-4H2,1-2H3,(H,15,16);1-2H3. The molecule has 8 heteroatoms. The summed E-state index contributed by atoms with van der Waals surface area (Å²) in [6, 6.07) is 0. The van der Waals surface area contributed by atoms with Gasteiger partial charge in [-0.1, -0.05) is 13.8 Å². The first-order valence-corrected chi connectivity index (χ1v) is 6.21. The number of hydrogen-bond acceptors (Lipinski definition) is 6. The minimum atomic E-state index is -1.45. The van der Waals surface area contributed by atoms with Crippen LogP contribution in [0.4, 0.5) is 0 Å². The number of aromatic nitrogens is 1. The molecule has 1 aromatic heterocycles. The van der Waals surface area contributed by atoms with Crippen molar-refractivity contribution >= 4 is 11.9 Å². The maximum atomic E-state index is 11.8. The van der Waals surface area contributed by atoms with Crippen molar-refractivity contribution in [3.8, 4) is 5.75 Å². The van der Waals surface area contributed by atoms with Crippen LogP contribution < -0.4 is 10.2 Å². The van der Waals surface area contributed by atoms with Gasteiger partial charge in [-0.05, 0) is 0 Å². The Morgan fingerprint density at radius 2 is 1.86 bits per heavy atom. The molecule has 1 heterocycles. The van der Waals surface area contributed by atoms with E-state index >= 15 is 0 Å². The van der Waals surface area contributed by atoms with Crippen molar-refractivity contribution < 1.29 is 29.3 Å². The molecule has 0 aromatic carbocycles. The average molecular weight is 301 g/mol. The first-order chi connectivity index (χ1) is 9.97. The van der Waals surface area contributed by atoms with Gasteiger partial charge in [0.05, 0.1) is 20.8 Å². The summed E-state index contributed by atoms with van der Waals surface area (Å²) in [7, 11) is 2.25. The Kier molecular flexibility index (Phi) is 7.77. The first-order valence-electron chi connectivity index (χ1n) is 6.21. The number of aromatic carboxylic acids is 1. The second kappa shape index (κ2) is 8.75. The molecule has 0 radical (unpaired) electrons. The van der Waals surface area contributed by atoms with Crippen LogP contribution in [0, 0.1) is 0 Å². The molecule has 0 unspecified atom stereocenters. The summed E-state index contributed by atoms with van der Waals surface area (Å²) in [6.07, 6.45) is 0.968. The van der Waals surface area contributed by atoms with Gasteiger partial charge in [0.2, 0.25) is 5.43 Å². The zero-order valence-electron chi connectivity index (χ0n) is 12.4. The highest BCUT2D eigenvalue weighted by Crippen LogP contribution is 2.16. The van der Waals surface area contributed by atoms with E-state index in [1.165, 1.54) is 0 Å². The molecule has 0 atom stereocenters. The van der Waals surface area contributed by atoms with Crippen molar-refractivity contribution in [2.24, 2.45) is 0 Å². The second-order valence-electron chi connectivity index (χ2n) is 3.47. The normalized spacial score (nSPS) is 9.38. The Balaban J connectivity index is 0.00000191. The Hall–Kier alpha value is -2.35. The molecule has 0 spiro atoms. The molecule has 1 aromatic rings. The van der Waals surface area contributed by atoms with Crippen molar-refractivity contribution in [1.82, 2.24) is 4.57 Å². The van der Waals surface area contributed by atoms with Crippen LogP contribution >= 0.6 is 0 Å². The van der Waals surface area contributed by atoms with Crippen LogP contribution in [-0.2, 0) is 11.3 Å². The van der Waals surface area contributed by atoms with Crippen molar-refractivity contribution in [2.75, 3.05) is 20.8 Å². The maximum absolute atomic E-state index is 11.8. The topological polar surface area (TPSA) is 115 Å². The molecule has 0 fully saturated rings. The molecule has 0 aliphatic heterocycles. The van der Waals surface area contributed by atoms with Gasteiger partial charge in [-0.25, -0.2) is 9.59 Å². The summed E-state index contributed by atoms with van der Waals surface area (Å²) in [4.78, 5) is 34.4. The minimum Gasteiger partial charge on any atom is -0.491 e. The highest BCUT2D eigenvalue weighted by atomic mass is 16.5. The van der Waals surface area contributed by atoms with Gasteiger partial charge in [0.15, 0.2) is 11.4 Å². The number of aliphatic hydroxyl groups is 1. The number of pyridine rings is 1. The van der Waals surface area contributed by atoms with Gasteiger partial charge in [0.1, 0.15) is 5.56 Å². The van der Waals surface area contributed by atoms with E-state index in [0.717, 1.165) is 25.0 Å². The number of hydrogen-bond donors (Lipinski definition) is 2. The molecule has 118 valence electrons. The Bertz CT molecular complexity index is 562. The molecule has 1 rings (SSSR count). The van der Waals surface area contributed by atoms with Crippen LogP contribution in [0.2, 0.25) is 0 Å². The summed E-state index contributed by atoms with van der Waals surface area (Å²) in [5, 5.41) is 17.8. The Labute approximate surface area is 121 Å². The number of carbonyl (C=O) groups is 2. The van der Waals surface area contributed by atoms with Gasteiger partial charge >= 0.3 is 11.9 Å². The smallest absolute Gasteiger partial charge is 0.358 e. The first kappa shape index (κ1) is 18.7.